The van der Waals surface area contributed by atoms with E-state index in [1.54, 1.807) is 17.1 Å². The number of carbonyl (C=O) groups excluding carboxylic acids is 3. The fraction of sp³-hybridized carbons (Fsp3) is 0.643. The first-order valence-corrected chi connectivity index (χ1v) is 7.12. The fourth-order valence-corrected chi connectivity index (χ4v) is 3.48. The van der Waals surface area contributed by atoms with E-state index in [0.29, 0.717) is 25.9 Å². The Kier molecular flexibility index (Phi) is 3.44. The summed E-state index contributed by atoms with van der Waals surface area (Å²) in [5, 5.41) is 11.3. The van der Waals surface area contributed by atoms with Gasteiger partial charge < -0.3 is 25.3 Å². The summed E-state index contributed by atoms with van der Waals surface area (Å²) in [5.74, 6) is -3.69. The number of carboxylic acid groups (broad SMARTS) is 1. The Morgan fingerprint density at radius 2 is 1.67 bits per heavy atom. The Balaban J connectivity index is 1.70. The highest BCUT2D eigenvalue weighted by atomic mass is 16.5. The molecule has 0 radical (unpaired) electrons. The summed E-state index contributed by atoms with van der Waals surface area (Å²) in [6.45, 7) is 0.841. The molecule has 2 fully saturated rings. The van der Waals surface area contributed by atoms with Gasteiger partial charge in [-0.1, -0.05) is 12.2 Å². The number of amides is 2. The number of fused-ring (bicyclic) bond motifs is 2. The summed E-state index contributed by atoms with van der Waals surface area (Å²) >= 11 is 0. The zero-order valence-electron chi connectivity index (χ0n) is 11.4. The van der Waals surface area contributed by atoms with Crippen molar-refractivity contribution in [2.75, 3.05) is 13.1 Å². The first-order valence-electron chi connectivity index (χ1n) is 7.12. The number of ether oxygens (including phenoxy) is 1. The van der Waals surface area contributed by atoms with Gasteiger partial charge in [-0.15, -0.1) is 0 Å². The maximum atomic E-state index is 12.6. The lowest BCUT2D eigenvalue weighted by atomic mass is 9.81. The molecule has 7 nitrogen and oxygen atoms in total. The molecule has 2 amide bonds. The smallest absolute Gasteiger partial charge is 0.229 e. The maximum absolute atomic E-state index is 12.6. The molecule has 21 heavy (non-hydrogen) atoms. The van der Waals surface area contributed by atoms with Gasteiger partial charge in [-0.3, -0.25) is 9.59 Å². The number of carbonyl (C=O) groups is 3. The van der Waals surface area contributed by atoms with Gasteiger partial charge in [0.05, 0.1) is 18.1 Å². The van der Waals surface area contributed by atoms with Gasteiger partial charge in [0.2, 0.25) is 11.8 Å². The molecule has 3 rings (SSSR count). The van der Waals surface area contributed by atoms with Gasteiger partial charge in [0.1, 0.15) is 0 Å². The number of aliphatic carboxylic acids is 1. The quantitative estimate of drug-likeness (QED) is 0.606. The molecule has 0 spiro atoms. The predicted molar refractivity (Wildman–Crippen MR) is 68.3 cm³/mol. The molecular formula is C14H17N2O5-. The lowest BCUT2D eigenvalue weighted by Crippen LogP contribution is -2.50. The van der Waals surface area contributed by atoms with E-state index in [1.807, 2.05) is 0 Å². The van der Waals surface area contributed by atoms with Crippen molar-refractivity contribution in [1.82, 2.24) is 4.90 Å². The van der Waals surface area contributed by atoms with Gasteiger partial charge in [0, 0.05) is 30.9 Å². The summed E-state index contributed by atoms with van der Waals surface area (Å²) in [6.07, 6.45) is 3.40. The Bertz CT molecular complexity index is 509. The molecule has 0 aromatic rings. The molecule has 2 N–H and O–H groups in total. The average Bonchev–Trinajstić information content (AvgIpc) is 3.07. The van der Waals surface area contributed by atoms with Crippen LogP contribution in [0.15, 0.2) is 12.2 Å². The standard InChI is InChI=1S/C14H18N2O5/c15-12(17)7-3-5-16(6-4-7)13(18)10-8-1-2-9(21-8)11(10)14(19)20/h1-2,7-11H,3-6H2,(H2,15,17)(H,19,20)/p-1/t8-,9+,10+,11-/m0/s1. The Morgan fingerprint density at radius 1 is 1.10 bits per heavy atom. The summed E-state index contributed by atoms with van der Waals surface area (Å²) < 4.78 is 5.48. The number of piperidine rings is 1. The summed E-state index contributed by atoms with van der Waals surface area (Å²) in [5.41, 5.74) is 5.26. The van der Waals surface area contributed by atoms with E-state index in [4.69, 9.17) is 10.5 Å². The fourth-order valence-electron chi connectivity index (χ4n) is 3.48. The van der Waals surface area contributed by atoms with E-state index in [1.165, 1.54) is 0 Å². The zero-order chi connectivity index (χ0) is 15.1. The molecule has 7 heteroatoms. The average molecular weight is 293 g/mol. The lowest BCUT2D eigenvalue weighted by molar-refractivity contribution is -0.313. The van der Waals surface area contributed by atoms with Crippen molar-refractivity contribution in [3.05, 3.63) is 12.2 Å². The van der Waals surface area contributed by atoms with Crippen molar-refractivity contribution < 1.29 is 24.2 Å². The third kappa shape index (κ3) is 2.31. The van der Waals surface area contributed by atoms with Crippen molar-refractivity contribution in [2.45, 2.75) is 25.0 Å². The topological polar surface area (TPSA) is 113 Å². The van der Waals surface area contributed by atoms with Gasteiger partial charge in [0.15, 0.2) is 0 Å². The largest absolute Gasteiger partial charge is 0.550 e. The normalized spacial score (nSPS) is 35.1. The van der Waals surface area contributed by atoms with Crippen LogP contribution in [0, 0.1) is 17.8 Å². The molecule has 4 atom stereocenters. The third-order valence-corrected chi connectivity index (χ3v) is 4.67. The summed E-state index contributed by atoms with van der Waals surface area (Å²) in [4.78, 5) is 36.6. The van der Waals surface area contributed by atoms with Gasteiger partial charge in [0.25, 0.3) is 0 Å². The summed E-state index contributed by atoms with van der Waals surface area (Å²) in [7, 11) is 0. The minimum absolute atomic E-state index is 0.206. The number of likely N-dealkylation sites (tertiary alicyclic amines) is 1. The van der Waals surface area contributed by atoms with Crippen molar-refractivity contribution in [2.24, 2.45) is 23.5 Å². The monoisotopic (exact) mass is 293 g/mol. The molecule has 3 aliphatic heterocycles. The van der Waals surface area contributed by atoms with Crippen molar-refractivity contribution in [3.8, 4) is 0 Å². The van der Waals surface area contributed by atoms with E-state index >= 15 is 0 Å². The second kappa shape index (κ2) is 5.14. The van der Waals surface area contributed by atoms with Crippen LogP contribution in [-0.4, -0.2) is 48.0 Å². The molecule has 0 aromatic carbocycles. The molecule has 0 unspecified atom stereocenters. The molecule has 0 saturated carbocycles. The Morgan fingerprint density at radius 3 is 2.19 bits per heavy atom. The van der Waals surface area contributed by atoms with Crippen LogP contribution in [0.1, 0.15) is 12.8 Å². The van der Waals surface area contributed by atoms with E-state index in [2.05, 4.69) is 0 Å². The van der Waals surface area contributed by atoms with E-state index in [9.17, 15) is 19.5 Å². The third-order valence-electron chi connectivity index (χ3n) is 4.67. The second-order valence-corrected chi connectivity index (χ2v) is 5.82. The minimum atomic E-state index is -1.25. The molecule has 114 valence electrons. The Hall–Kier alpha value is -1.89. The number of rotatable bonds is 3. The number of hydrogen-bond donors (Lipinski definition) is 1. The SMILES string of the molecule is NC(=O)C1CCN(C(=O)[C@H]2[C@@H](C(=O)[O-])[C@H]3C=C[C@@H]2O3)CC1. The maximum Gasteiger partial charge on any atom is 0.229 e. The number of carboxylic acids is 1. The highest BCUT2D eigenvalue weighted by Gasteiger charge is 2.51. The van der Waals surface area contributed by atoms with Gasteiger partial charge >= 0.3 is 0 Å². The van der Waals surface area contributed by atoms with E-state index in [0.717, 1.165) is 0 Å². The van der Waals surface area contributed by atoms with Crippen molar-refractivity contribution in [1.29, 1.82) is 0 Å². The second-order valence-electron chi connectivity index (χ2n) is 5.82. The molecule has 0 aliphatic carbocycles. The van der Waals surface area contributed by atoms with E-state index in [-0.39, 0.29) is 17.7 Å². The number of hydrogen-bond acceptors (Lipinski definition) is 5. The minimum Gasteiger partial charge on any atom is -0.550 e. The van der Waals surface area contributed by atoms with Crippen molar-refractivity contribution >= 4 is 17.8 Å². The number of primary amides is 1. The Labute approximate surface area is 121 Å². The number of nitrogens with two attached hydrogens (primary N) is 1. The van der Waals surface area contributed by atoms with Crippen molar-refractivity contribution in [3.63, 3.8) is 0 Å². The van der Waals surface area contributed by atoms with Crippen LogP contribution in [-0.2, 0) is 19.1 Å². The molecule has 0 aromatic heterocycles. The molecule has 3 aliphatic rings. The van der Waals surface area contributed by atoms with Crippen LogP contribution < -0.4 is 10.8 Å². The van der Waals surface area contributed by atoms with Crippen LogP contribution in [0.25, 0.3) is 0 Å². The predicted octanol–water partition coefficient (Wildman–Crippen LogP) is -1.97. The van der Waals surface area contributed by atoms with Gasteiger partial charge in [-0.25, -0.2) is 0 Å². The van der Waals surface area contributed by atoms with Crippen LogP contribution in [0.2, 0.25) is 0 Å². The highest BCUT2D eigenvalue weighted by Crippen LogP contribution is 2.40. The highest BCUT2D eigenvalue weighted by molar-refractivity contribution is 5.87. The molecular weight excluding hydrogens is 276 g/mol. The van der Waals surface area contributed by atoms with Crippen LogP contribution >= 0.6 is 0 Å². The first-order chi connectivity index (χ1) is 9.99. The molecule has 2 bridgehead atoms. The van der Waals surface area contributed by atoms with Crippen LogP contribution in [0.4, 0.5) is 0 Å². The van der Waals surface area contributed by atoms with Crippen LogP contribution in [0.3, 0.4) is 0 Å². The van der Waals surface area contributed by atoms with Gasteiger partial charge in [-0.2, -0.15) is 0 Å². The summed E-state index contributed by atoms with van der Waals surface area (Å²) in [6, 6.07) is 0. The lowest BCUT2D eigenvalue weighted by Gasteiger charge is -2.35. The van der Waals surface area contributed by atoms with Gasteiger partial charge in [-0.05, 0) is 12.8 Å². The first kappa shape index (κ1) is 14.1. The number of nitrogens with zero attached hydrogens (tertiary/aromatic N) is 1. The van der Waals surface area contributed by atoms with E-state index < -0.39 is 30.0 Å². The molecule has 2 saturated heterocycles. The van der Waals surface area contributed by atoms with Crippen LogP contribution in [0.5, 0.6) is 0 Å². The molecule has 3 heterocycles. The zero-order valence-corrected chi connectivity index (χ0v) is 11.4.